The maximum atomic E-state index is 12.1. The molecule has 0 amide bonds. The molecule has 0 fully saturated rings. The molecule has 0 unspecified atom stereocenters. The third kappa shape index (κ3) is 3.06. The molecule has 1 rings (SSSR count). The molecule has 5 heteroatoms. The average Bonchev–Trinajstić information content (AvgIpc) is 2.29. The lowest BCUT2D eigenvalue weighted by molar-refractivity contribution is 0.280. The van der Waals surface area contributed by atoms with Crippen molar-refractivity contribution in [1.29, 1.82) is 0 Å². The van der Waals surface area contributed by atoms with Crippen molar-refractivity contribution in [1.82, 2.24) is 4.31 Å². The molecule has 4 nitrogen and oxygen atoms in total. The van der Waals surface area contributed by atoms with Crippen molar-refractivity contribution < 1.29 is 13.5 Å². The fraction of sp³-hybridized carbons (Fsp3) is 0.500. The zero-order valence-electron chi connectivity index (χ0n) is 10.5. The molecule has 96 valence electrons. The molecule has 0 aliphatic rings. The van der Waals surface area contributed by atoms with Gasteiger partial charge in [0, 0.05) is 13.6 Å². The fourth-order valence-corrected chi connectivity index (χ4v) is 2.91. The number of sulfonamides is 1. The lowest BCUT2D eigenvalue weighted by atomic mass is 10.1. The van der Waals surface area contributed by atoms with Crippen LogP contribution in [0.2, 0.25) is 0 Å². The van der Waals surface area contributed by atoms with Crippen LogP contribution in [0, 0.1) is 6.92 Å². The van der Waals surface area contributed by atoms with Crippen LogP contribution in [0.5, 0.6) is 0 Å². The monoisotopic (exact) mass is 257 g/mol. The molecule has 1 aromatic carbocycles. The summed E-state index contributed by atoms with van der Waals surface area (Å²) in [7, 11) is -1.86. The number of aliphatic hydroxyl groups excluding tert-OH is 1. The summed E-state index contributed by atoms with van der Waals surface area (Å²) in [5.41, 5.74) is 1.54. The van der Waals surface area contributed by atoms with Crippen molar-refractivity contribution in [2.45, 2.75) is 31.8 Å². The van der Waals surface area contributed by atoms with E-state index in [-0.39, 0.29) is 11.5 Å². The standard InChI is InChI=1S/C12H19NO3S/c1-4-7-13(3)17(15,16)12-6-5-10(2)11(8-12)9-14/h5-6,8,14H,4,7,9H2,1-3H3. The van der Waals surface area contributed by atoms with Crippen molar-refractivity contribution in [3.8, 4) is 0 Å². The Hall–Kier alpha value is -0.910. The molecule has 0 bridgehead atoms. The van der Waals surface area contributed by atoms with Crippen molar-refractivity contribution in [3.63, 3.8) is 0 Å². The van der Waals surface area contributed by atoms with Crippen LogP contribution in [0.4, 0.5) is 0 Å². The largest absolute Gasteiger partial charge is 0.392 e. The predicted molar refractivity (Wildman–Crippen MR) is 67.2 cm³/mol. The van der Waals surface area contributed by atoms with Crippen LogP contribution in [0.1, 0.15) is 24.5 Å². The molecule has 0 aliphatic carbocycles. The van der Waals surface area contributed by atoms with Crippen molar-refractivity contribution in [2.75, 3.05) is 13.6 Å². The van der Waals surface area contributed by atoms with Crippen molar-refractivity contribution >= 4 is 10.0 Å². The Balaban J connectivity index is 3.15. The second-order valence-corrected chi connectivity index (χ2v) is 6.12. The van der Waals surface area contributed by atoms with Gasteiger partial charge in [0.2, 0.25) is 10.0 Å². The van der Waals surface area contributed by atoms with E-state index in [9.17, 15) is 8.42 Å². The molecule has 0 heterocycles. The van der Waals surface area contributed by atoms with E-state index in [1.807, 2.05) is 13.8 Å². The number of benzene rings is 1. The van der Waals surface area contributed by atoms with E-state index in [0.717, 1.165) is 12.0 Å². The highest BCUT2D eigenvalue weighted by Crippen LogP contribution is 2.18. The smallest absolute Gasteiger partial charge is 0.242 e. The summed E-state index contributed by atoms with van der Waals surface area (Å²) >= 11 is 0. The summed E-state index contributed by atoms with van der Waals surface area (Å²) in [6.07, 6.45) is 0.772. The zero-order valence-corrected chi connectivity index (χ0v) is 11.3. The van der Waals surface area contributed by atoms with Crippen LogP contribution in [-0.4, -0.2) is 31.4 Å². The number of hydrogen-bond donors (Lipinski definition) is 1. The SMILES string of the molecule is CCCN(C)S(=O)(=O)c1ccc(C)c(CO)c1. The van der Waals surface area contributed by atoms with Gasteiger partial charge < -0.3 is 5.11 Å². The number of nitrogens with zero attached hydrogens (tertiary/aromatic N) is 1. The third-order valence-corrected chi connectivity index (χ3v) is 4.59. The number of hydrogen-bond acceptors (Lipinski definition) is 3. The summed E-state index contributed by atoms with van der Waals surface area (Å²) < 4.78 is 25.6. The van der Waals surface area contributed by atoms with Crippen LogP contribution in [0.25, 0.3) is 0 Å². The molecule has 0 aromatic heterocycles. The van der Waals surface area contributed by atoms with E-state index in [1.165, 1.54) is 10.4 Å². The second kappa shape index (κ2) is 5.62. The van der Waals surface area contributed by atoms with Gasteiger partial charge in [-0.1, -0.05) is 13.0 Å². The Morgan fingerprint density at radius 1 is 1.35 bits per heavy atom. The van der Waals surface area contributed by atoms with Gasteiger partial charge in [0.15, 0.2) is 0 Å². The number of aliphatic hydroxyl groups is 1. The number of rotatable bonds is 5. The van der Waals surface area contributed by atoms with Gasteiger partial charge in [-0.3, -0.25) is 0 Å². The van der Waals surface area contributed by atoms with Gasteiger partial charge in [-0.05, 0) is 36.6 Å². The van der Waals surface area contributed by atoms with Gasteiger partial charge in [0.05, 0.1) is 11.5 Å². The first-order chi connectivity index (χ1) is 7.93. The van der Waals surface area contributed by atoms with E-state index in [4.69, 9.17) is 5.11 Å². The van der Waals surface area contributed by atoms with Crippen LogP contribution in [0.3, 0.4) is 0 Å². The second-order valence-electron chi connectivity index (χ2n) is 4.07. The molecule has 17 heavy (non-hydrogen) atoms. The van der Waals surface area contributed by atoms with E-state index in [1.54, 1.807) is 19.2 Å². The zero-order chi connectivity index (χ0) is 13.1. The molecule has 0 spiro atoms. The minimum absolute atomic E-state index is 0.146. The first kappa shape index (κ1) is 14.2. The summed E-state index contributed by atoms with van der Waals surface area (Å²) in [6, 6.07) is 4.84. The first-order valence-electron chi connectivity index (χ1n) is 5.60. The Kier molecular flexibility index (Phi) is 4.68. The molecule has 0 saturated heterocycles. The Bertz CT molecular complexity index is 483. The minimum Gasteiger partial charge on any atom is -0.392 e. The fourth-order valence-electron chi connectivity index (χ4n) is 1.59. The molecular weight excluding hydrogens is 238 g/mol. The molecule has 1 aromatic rings. The first-order valence-corrected chi connectivity index (χ1v) is 7.04. The molecule has 1 N–H and O–H groups in total. The van der Waals surface area contributed by atoms with Gasteiger partial charge >= 0.3 is 0 Å². The highest BCUT2D eigenvalue weighted by atomic mass is 32.2. The van der Waals surface area contributed by atoms with E-state index < -0.39 is 10.0 Å². The summed E-state index contributed by atoms with van der Waals surface area (Å²) in [6.45, 7) is 4.12. The quantitative estimate of drug-likeness (QED) is 0.870. The summed E-state index contributed by atoms with van der Waals surface area (Å²) in [5, 5.41) is 9.14. The van der Waals surface area contributed by atoms with Crippen LogP contribution >= 0.6 is 0 Å². The highest BCUT2D eigenvalue weighted by molar-refractivity contribution is 7.89. The van der Waals surface area contributed by atoms with Gasteiger partial charge in [0.1, 0.15) is 0 Å². The maximum Gasteiger partial charge on any atom is 0.242 e. The summed E-state index contributed by atoms with van der Waals surface area (Å²) in [5.74, 6) is 0. The molecule has 0 atom stereocenters. The van der Waals surface area contributed by atoms with Crippen molar-refractivity contribution in [3.05, 3.63) is 29.3 Å². The Morgan fingerprint density at radius 2 is 2.00 bits per heavy atom. The third-order valence-electron chi connectivity index (χ3n) is 2.74. The van der Waals surface area contributed by atoms with E-state index in [2.05, 4.69) is 0 Å². The van der Waals surface area contributed by atoms with Gasteiger partial charge in [-0.25, -0.2) is 12.7 Å². The maximum absolute atomic E-state index is 12.1. The predicted octanol–water partition coefficient (Wildman–Crippen LogP) is 1.52. The minimum atomic E-state index is -3.43. The van der Waals surface area contributed by atoms with Gasteiger partial charge in [-0.15, -0.1) is 0 Å². The molecule has 0 radical (unpaired) electrons. The molecular formula is C12H19NO3S. The van der Waals surface area contributed by atoms with Gasteiger partial charge in [0.25, 0.3) is 0 Å². The molecule has 0 aliphatic heterocycles. The van der Waals surface area contributed by atoms with Crippen LogP contribution in [0.15, 0.2) is 23.1 Å². The lowest BCUT2D eigenvalue weighted by Crippen LogP contribution is -2.27. The molecule has 0 saturated carbocycles. The van der Waals surface area contributed by atoms with Gasteiger partial charge in [-0.2, -0.15) is 0 Å². The summed E-state index contributed by atoms with van der Waals surface area (Å²) in [4.78, 5) is 0.239. The van der Waals surface area contributed by atoms with E-state index in [0.29, 0.717) is 12.1 Å². The normalized spacial score (nSPS) is 12.1. The number of aryl methyl sites for hydroxylation is 1. The Morgan fingerprint density at radius 3 is 2.53 bits per heavy atom. The topological polar surface area (TPSA) is 57.6 Å². The van der Waals surface area contributed by atoms with Crippen LogP contribution in [-0.2, 0) is 16.6 Å². The highest BCUT2D eigenvalue weighted by Gasteiger charge is 2.20. The van der Waals surface area contributed by atoms with E-state index >= 15 is 0 Å². The van der Waals surface area contributed by atoms with Crippen molar-refractivity contribution in [2.24, 2.45) is 0 Å². The average molecular weight is 257 g/mol. The lowest BCUT2D eigenvalue weighted by Gasteiger charge is -2.17. The van der Waals surface area contributed by atoms with Crippen LogP contribution < -0.4 is 0 Å². The Labute approximate surface area is 103 Å².